The van der Waals surface area contributed by atoms with Crippen LogP contribution < -0.4 is 0 Å². The van der Waals surface area contributed by atoms with Gasteiger partial charge in [0.2, 0.25) is 0 Å². The molecule has 0 saturated heterocycles. The van der Waals surface area contributed by atoms with E-state index >= 15 is 0 Å². The van der Waals surface area contributed by atoms with Gasteiger partial charge in [0.05, 0.1) is 31.3 Å². The third kappa shape index (κ3) is 2.46. The Hall–Kier alpha value is -2.64. The fourth-order valence-electron chi connectivity index (χ4n) is 1.66. The quantitative estimate of drug-likeness (QED) is 0.690. The van der Waals surface area contributed by atoms with Crippen LogP contribution in [0.4, 0.5) is 4.39 Å². The van der Waals surface area contributed by atoms with Crippen LogP contribution in [0.25, 0.3) is 11.5 Å². The van der Waals surface area contributed by atoms with Gasteiger partial charge in [0.1, 0.15) is 5.69 Å². The molecule has 0 atom stereocenters. The number of aryl methyl sites for hydroxylation is 1. The molecule has 3 heterocycles. The molecule has 0 aromatic carbocycles. The zero-order chi connectivity index (χ0) is 13.2. The summed E-state index contributed by atoms with van der Waals surface area (Å²) >= 11 is 0. The summed E-state index contributed by atoms with van der Waals surface area (Å²) in [6, 6.07) is 0. The van der Waals surface area contributed by atoms with Gasteiger partial charge in [0, 0.05) is 18.8 Å². The third-order valence-electron chi connectivity index (χ3n) is 2.49. The normalized spacial score (nSPS) is 10.8. The Kier molecular flexibility index (Phi) is 2.75. The van der Waals surface area contributed by atoms with Crippen LogP contribution in [0, 0.1) is 5.82 Å². The van der Waals surface area contributed by atoms with Gasteiger partial charge in [-0.3, -0.25) is 4.68 Å². The van der Waals surface area contributed by atoms with Gasteiger partial charge < -0.3 is 0 Å². The van der Waals surface area contributed by atoms with E-state index in [1.54, 1.807) is 21.8 Å². The first kappa shape index (κ1) is 11.5. The Labute approximate surface area is 107 Å². The van der Waals surface area contributed by atoms with Crippen molar-refractivity contribution in [2.45, 2.75) is 6.54 Å². The first-order chi connectivity index (χ1) is 9.20. The molecular formula is C11H10FN7. The maximum Gasteiger partial charge on any atom is 0.181 e. The van der Waals surface area contributed by atoms with Crippen LogP contribution in [0.2, 0.25) is 0 Å². The predicted molar refractivity (Wildman–Crippen MR) is 63.3 cm³/mol. The van der Waals surface area contributed by atoms with Crippen molar-refractivity contribution in [3.8, 4) is 11.5 Å². The zero-order valence-corrected chi connectivity index (χ0v) is 10.1. The summed E-state index contributed by atoms with van der Waals surface area (Å²) in [5, 5.41) is 12.0. The van der Waals surface area contributed by atoms with Gasteiger partial charge in [-0.05, 0) is 0 Å². The Morgan fingerprint density at radius 1 is 1.16 bits per heavy atom. The molecule has 7 nitrogen and oxygen atoms in total. The van der Waals surface area contributed by atoms with Crippen molar-refractivity contribution in [2.24, 2.45) is 7.05 Å². The molecule has 3 aromatic rings. The van der Waals surface area contributed by atoms with Crippen LogP contribution in [0.1, 0.15) is 5.56 Å². The first-order valence-corrected chi connectivity index (χ1v) is 5.56. The van der Waals surface area contributed by atoms with Crippen molar-refractivity contribution in [2.75, 3.05) is 0 Å². The highest BCUT2D eigenvalue weighted by Gasteiger charge is 2.07. The minimum absolute atomic E-state index is 0.346. The average Bonchev–Trinajstić information content (AvgIpc) is 3.00. The van der Waals surface area contributed by atoms with Crippen molar-refractivity contribution in [1.29, 1.82) is 0 Å². The van der Waals surface area contributed by atoms with Crippen molar-refractivity contribution in [3.63, 3.8) is 0 Å². The van der Waals surface area contributed by atoms with Crippen LogP contribution in [-0.4, -0.2) is 34.7 Å². The molecule has 0 bridgehead atoms. The lowest BCUT2D eigenvalue weighted by atomic mass is 10.3. The molecule has 0 unspecified atom stereocenters. The maximum atomic E-state index is 12.7. The summed E-state index contributed by atoms with van der Waals surface area (Å²) in [6.45, 7) is 0.558. The largest absolute Gasteiger partial charge is 0.275 e. The smallest absolute Gasteiger partial charge is 0.181 e. The zero-order valence-electron chi connectivity index (χ0n) is 10.1. The van der Waals surface area contributed by atoms with E-state index in [-0.39, 0.29) is 0 Å². The van der Waals surface area contributed by atoms with E-state index in [0.717, 1.165) is 18.0 Å². The molecule has 0 aliphatic rings. The number of hydrogen-bond acceptors (Lipinski definition) is 5. The fourth-order valence-corrected chi connectivity index (χ4v) is 1.66. The van der Waals surface area contributed by atoms with E-state index in [0.29, 0.717) is 18.1 Å². The summed E-state index contributed by atoms with van der Waals surface area (Å²) in [7, 11) is 1.85. The summed E-state index contributed by atoms with van der Waals surface area (Å²) < 4.78 is 16.1. The second-order valence-electron chi connectivity index (χ2n) is 4.05. The van der Waals surface area contributed by atoms with Crippen LogP contribution in [0.15, 0.2) is 31.0 Å². The number of rotatable bonds is 3. The molecule has 0 fully saturated rings. The minimum atomic E-state index is -0.480. The Morgan fingerprint density at radius 2 is 1.95 bits per heavy atom. The maximum absolute atomic E-state index is 12.7. The number of nitrogens with zero attached hydrogens (tertiary/aromatic N) is 7. The van der Waals surface area contributed by atoms with Gasteiger partial charge in [-0.1, -0.05) is 5.21 Å². The minimum Gasteiger partial charge on any atom is -0.275 e. The van der Waals surface area contributed by atoms with Gasteiger partial charge in [-0.15, -0.1) is 5.10 Å². The van der Waals surface area contributed by atoms with E-state index in [1.165, 1.54) is 0 Å². The molecule has 0 saturated carbocycles. The average molecular weight is 259 g/mol. The van der Waals surface area contributed by atoms with Crippen LogP contribution in [0.5, 0.6) is 0 Å². The number of halogens is 1. The highest BCUT2D eigenvalue weighted by Crippen LogP contribution is 2.10. The van der Waals surface area contributed by atoms with Crippen molar-refractivity contribution < 1.29 is 4.39 Å². The predicted octanol–water partition coefficient (Wildman–Crippen LogP) is 0.656. The second kappa shape index (κ2) is 4.56. The molecule has 8 heteroatoms. The third-order valence-corrected chi connectivity index (χ3v) is 2.49. The van der Waals surface area contributed by atoms with E-state index in [2.05, 4.69) is 25.4 Å². The summed E-state index contributed by atoms with van der Waals surface area (Å²) in [5.41, 5.74) is 1.52. The van der Waals surface area contributed by atoms with Gasteiger partial charge in [0.15, 0.2) is 11.6 Å². The second-order valence-corrected chi connectivity index (χ2v) is 4.05. The highest BCUT2D eigenvalue weighted by atomic mass is 19.1. The summed E-state index contributed by atoms with van der Waals surface area (Å²) in [6.07, 6.45) is 7.57. The first-order valence-electron chi connectivity index (χ1n) is 5.56. The SMILES string of the molecule is Cn1cc(Cn2cc(-c3ncc(F)cn3)nn2)cn1. The molecule has 0 spiro atoms. The van der Waals surface area contributed by atoms with Gasteiger partial charge in [-0.2, -0.15) is 5.10 Å². The molecule has 0 N–H and O–H groups in total. The van der Waals surface area contributed by atoms with E-state index in [9.17, 15) is 4.39 Å². The van der Waals surface area contributed by atoms with Gasteiger partial charge in [-0.25, -0.2) is 19.0 Å². The molecule has 0 aliphatic carbocycles. The monoisotopic (exact) mass is 259 g/mol. The summed E-state index contributed by atoms with van der Waals surface area (Å²) in [4.78, 5) is 7.71. The molecule has 19 heavy (non-hydrogen) atoms. The lowest BCUT2D eigenvalue weighted by molar-refractivity contribution is 0.614. The van der Waals surface area contributed by atoms with Gasteiger partial charge >= 0.3 is 0 Å². The molecule has 96 valence electrons. The van der Waals surface area contributed by atoms with Crippen LogP contribution >= 0.6 is 0 Å². The number of aromatic nitrogens is 7. The highest BCUT2D eigenvalue weighted by molar-refractivity contribution is 5.45. The van der Waals surface area contributed by atoms with Gasteiger partial charge in [0.25, 0.3) is 0 Å². The standard InChI is InChI=1S/C11H10FN7/c1-18-5-8(2-15-18)6-19-7-10(16-17-19)11-13-3-9(12)4-14-11/h2-5,7H,6H2,1H3. The summed E-state index contributed by atoms with van der Waals surface area (Å²) in [5.74, 6) is -0.134. The molecule has 0 amide bonds. The fraction of sp³-hybridized carbons (Fsp3) is 0.182. The van der Waals surface area contributed by atoms with E-state index in [4.69, 9.17) is 0 Å². The van der Waals surface area contributed by atoms with E-state index in [1.807, 2.05) is 13.2 Å². The van der Waals surface area contributed by atoms with Crippen molar-refractivity contribution in [1.82, 2.24) is 34.7 Å². The Bertz CT molecular complexity index is 685. The lowest BCUT2D eigenvalue weighted by Gasteiger charge is -1.95. The molecule has 3 aromatic heterocycles. The molecule has 0 aliphatic heterocycles. The van der Waals surface area contributed by atoms with Crippen molar-refractivity contribution >= 4 is 0 Å². The Balaban J connectivity index is 1.81. The molecule has 3 rings (SSSR count). The lowest BCUT2D eigenvalue weighted by Crippen LogP contribution is -1.99. The van der Waals surface area contributed by atoms with Crippen LogP contribution in [-0.2, 0) is 13.6 Å². The molecular weight excluding hydrogens is 249 g/mol. The van der Waals surface area contributed by atoms with E-state index < -0.39 is 5.82 Å². The van der Waals surface area contributed by atoms with Crippen molar-refractivity contribution in [3.05, 3.63) is 42.4 Å². The van der Waals surface area contributed by atoms with Crippen LogP contribution in [0.3, 0.4) is 0 Å². The molecule has 0 radical (unpaired) electrons. The topological polar surface area (TPSA) is 74.3 Å². The Morgan fingerprint density at radius 3 is 2.63 bits per heavy atom. The number of hydrogen-bond donors (Lipinski definition) is 0.